The van der Waals surface area contributed by atoms with Crippen molar-refractivity contribution in [2.75, 3.05) is 0 Å². The SMILES string of the molecule is CC12C=CC(c3ncccc31)C1CCc3ccccc3C12. The Labute approximate surface area is 125 Å². The van der Waals surface area contributed by atoms with E-state index in [-0.39, 0.29) is 5.41 Å². The monoisotopic (exact) mass is 273 g/mol. The molecule has 2 bridgehead atoms. The van der Waals surface area contributed by atoms with Gasteiger partial charge in [-0.15, -0.1) is 0 Å². The van der Waals surface area contributed by atoms with Crippen molar-refractivity contribution in [1.29, 1.82) is 0 Å². The van der Waals surface area contributed by atoms with E-state index in [2.05, 4.69) is 55.5 Å². The Bertz CT molecular complexity index is 760. The van der Waals surface area contributed by atoms with Crippen LogP contribution in [0.15, 0.2) is 54.7 Å². The lowest BCUT2D eigenvalue weighted by molar-refractivity contribution is 0.222. The molecule has 4 aliphatic rings. The van der Waals surface area contributed by atoms with Crippen LogP contribution in [-0.4, -0.2) is 4.98 Å². The van der Waals surface area contributed by atoms with E-state index < -0.39 is 0 Å². The molecule has 1 nitrogen and oxygen atoms in total. The van der Waals surface area contributed by atoms with Gasteiger partial charge < -0.3 is 0 Å². The molecule has 0 radical (unpaired) electrons. The maximum Gasteiger partial charge on any atom is 0.0516 e. The minimum atomic E-state index is 0.111. The van der Waals surface area contributed by atoms with Crippen molar-refractivity contribution in [3.63, 3.8) is 0 Å². The molecule has 2 aromatic rings. The minimum absolute atomic E-state index is 0.111. The van der Waals surface area contributed by atoms with Crippen molar-refractivity contribution in [3.8, 4) is 0 Å². The van der Waals surface area contributed by atoms with Gasteiger partial charge in [0, 0.05) is 23.4 Å². The van der Waals surface area contributed by atoms with Crippen LogP contribution in [0.2, 0.25) is 0 Å². The van der Waals surface area contributed by atoms with Gasteiger partial charge in [-0.1, -0.05) is 49.4 Å². The summed E-state index contributed by atoms with van der Waals surface area (Å²) in [4.78, 5) is 4.74. The van der Waals surface area contributed by atoms with E-state index in [1.165, 1.54) is 24.1 Å². The number of benzene rings is 1. The fraction of sp³-hybridized carbons (Fsp3) is 0.350. The third kappa shape index (κ3) is 1.35. The Kier molecular flexibility index (Phi) is 2.15. The third-order valence-corrected chi connectivity index (χ3v) is 6.06. The molecule has 1 aromatic heterocycles. The van der Waals surface area contributed by atoms with Crippen LogP contribution in [0.1, 0.15) is 47.6 Å². The highest BCUT2D eigenvalue weighted by Crippen LogP contribution is 2.61. The molecule has 4 atom stereocenters. The molecule has 0 saturated carbocycles. The molecular weight excluding hydrogens is 254 g/mol. The molecule has 1 heterocycles. The van der Waals surface area contributed by atoms with Gasteiger partial charge in [0.2, 0.25) is 0 Å². The highest BCUT2D eigenvalue weighted by molar-refractivity contribution is 5.53. The minimum Gasteiger partial charge on any atom is -0.260 e. The number of aromatic nitrogens is 1. The molecule has 0 saturated heterocycles. The zero-order valence-corrected chi connectivity index (χ0v) is 12.3. The largest absolute Gasteiger partial charge is 0.260 e. The lowest BCUT2D eigenvalue weighted by atomic mass is 9.49. The van der Waals surface area contributed by atoms with Gasteiger partial charge in [0.25, 0.3) is 0 Å². The second kappa shape index (κ2) is 3.85. The van der Waals surface area contributed by atoms with Gasteiger partial charge in [-0.25, -0.2) is 0 Å². The van der Waals surface area contributed by atoms with E-state index in [1.54, 1.807) is 11.1 Å². The van der Waals surface area contributed by atoms with Crippen LogP contribution in [0.3, 0.4) is 0 Å². The van der Waals surface area contributed by atoms with Gasteiger partial charge in [0.15, 0.2) is 0 Å². The Morgan fingerprint density at radius 2 is 2.05 bits per heavy atom. The molecule has 6 rings (SSSR count). The molecule has 1 aromatic carbocycles. The average molecular weight is 273 g/mol. The average Bonchev–Trinajstić information content (AvgIpc) is 2.55. The Morgan fingerprint density at radius 3 is 3.00 bits per heavy atom. The molecule has 0 N–H and O–H groups in total. The topological polar surface area (TPSA) is 12.9 Å². The predicted molar refractivity (Wildman–Crippen MR) is 84.5 cm³/mol. The first kappa shape index (κ1) is 11.7. The summed E-state index contributed by atoms with van der Waals surface area (Å²) in [7, 11) is 0. The molecule has 4 aliphatic carbocycles. The number of hydrogen-bond acceptors (Lipinski definition) is 1. The van der Waals surface area contributed by atoms with Crippen molar-refractivity contribution in [3.05, 3.63) is 77.1 Å². The van der Waals surface area contributed by atoms with E-state index in [1.807, 2.05) is 6.20 Å². The quantitative estimate of drug-likeness (QED) is 0.650. The molecule has 0 spiro atoms. The molecule has 4 unspecified atom stereocenters. The summed E-state index contributed by atoms with van der Waals surface area (Å²) in [6.07, 6.45) is 9.38. The number of aryl methyl sites for hydroxylation is 1. The molecule has 0 fully saturated rings. The van der Waals surface area contributed by atoms with Gasteiger partial charge in [-0.3, -0.25) is 4.98 Å². The molecule has 104 valence electrons. The van der Waals surface area contributed by atoms with Gasteiger partial charge in [-0.05, 0) is 41.5 Å². The van der Waals surface area contributed by atoms with Gasteiger partial charge in [0.1, 0.15) is 0 Å². The lowest BCUT2D eigenvalue weighted by Gasteiger charge is -2.54. The van der Waals surface area contributed by atoms with E-state index in [4.69, 9.17) is 4.98 Å². The summed E-state index contributed by atoms with van der Waals surface area (Å²) in [6.45, 7) is 2.42. The molecule has 0 amide bonds. The van der Waals surface area contributed by atoms with E-state index in [0.717, 1.165) is 5.92 Å². The number of fused-ring (bicyclic) bond motifs is 1. The summed E-state index contributed by atoms with van der Waals surface area (Å²) < 4.78 is 0. The lowest BCUT2D eigenvalue weighted by Crippen LogP contribution is -2.46. The van der Waals surface area contributed by atoms with E-state index in [0.29, 0.717) is 11.8 Å². The van der Waals surface area contributed by atoms with Gasteiger partial charge in [0.05, 0.1) is 5.69 Å². The van der Waals surface area contributed by atoms with Crippen molar-refractivity contribution in [2.24, 2.45) is 5.92 Å². The number of hydrogen-bond donors (Lipinski definition) is 0. The number of allylic oxidation sites excluding steroid dienone is 2. The summed E-state index contributed by atoms with van der Waals surface area (Å²) in [5, 5.41) is 0. The normalized spacial score (nSPS) is 35.0. The zero-order chi connectivity index (χ0) is 14.0. The summed E-state index contributed by atoms with van der Waals surface area (Å²) in [6, 6.07) is 13.5. The molecule has 21 heavy (non-hydrogen) atoms. The zero-order valence-electron chi connectivity index (χ0n) is 12.3. The van der Waals surface area contributed by atoms with E-state index in [9.17, 15) is 0 Å². The molecule has 1 heteroatoms. The van der Waals surface area contributed by atoms with Crippen LogP contribution < -0.4 is 0 Å². The second-order valence-electron chi connectivity index (χ2n) is 6.98. The summed E-state index contributed by atoms with van der Waals surface area (Å²) >= 11 is 0. The van der Waals surface area contributed by atoms with Crippen molar-refractivity contribution in [1.82, 2.24) is 4.98 Å². The van der Waals surface area contributed by atoms with Crippen molar-refractivity contribution in [2.45, 2.75) is 37.0 Å². The Hall–Kier alpha value is -1.89. The van der Waals surface area contributed by atoms with Crippen LogP contribution in [-0.2, 0) is 11.8 Å². The first-order chi connectivity index (χ1) is 10.3. The van der Waals surface area contributed by atoms with Crippen LogP contribution in [0, 0.1) is 5.92 Å². The fourth-order valence-electron chi connectivity index (χ4n) is 5.18. The maximum atomic E-state index is 4.74. The predicted octanol–water partition coefficient (Wildman–Crippen LogP) is 4.35. The highest BCUT2D eigenvalue weighted by atomic mass is 14.7. The fourth-order valence-corrected chi connectivity index (χ4v) is 5.18. The first-order valence-electron chi connectivity index (χ1n) is 8.01. The smallest absolute Gasteiger partial charge is 0.0516 e. The number of pyridine rings is 1. The molecule has 0 aliphatic heterocycles. The molecular formula is C20H19N. The standard InChI is InChI=1S/C20H19N/c1-20-11-10-16(19-17(20)7-4-12-21-19)15-9-8-13-5-2-3-6-14(13)18(15)20/h2-7,10-12,15-16,18H,8-9H2,1H3. The van der Waals surface area contributed by atoms with Crippen LogP contribution in [0.5, 0.6) is 0 Å². The third-order valence-electron chi connectivity index (χ3n) is 6.06. The van der Waals surface area contributed by atoms with Gasteiger partial charge in [-0.2, -0.15) is 0 Å². The van der Waals surface area contributed by atoms with Crippen LogP contribution >= 0.6 is 0 Å². The Balaban J connectivity index is 1.80. The van der Waals surface area contributed by atoms with Crippen LogP contribution in [0.4, 0.5) is 0 Å². The van der Waals surface area contributed by atoms with Crippen molar-refractivity contribution < 1.29 is 0 Å². The highest BCUT2D eigenvalue weighted by Gasteiger charge is 2.53. The number of nitrogens with zero attached hydrogens (tertiary/aromatic N) is 1. The van der Waals surface area contributed by atoms with Gasteiger partial charge >= 0.3 is 0 Å². The summed E-state index contributed by atoms with van der Waals surface area (Å²) in [5.41, 5.74) is 6.05. The van der Waals surface area contributed by atoms with E-state index >= 15 is 0 Å². The maximum absolute atomic E-state index is 4.74. The number of rotatable bonds is 0. The second-order valence-corrected chi connectivity index (χ2v) is 6.98. The Morgan fingerprint density at radius 1 is 1.14 bits per heavy atom. The van der Waals surface area contributed by atoms with Crippen molar-refractivity contribution >= 4 is 0 Å². The first-order valence-corrected chi connectivity index (χ1v) is 8.01. The van der Waals surface area contributed by atoms with Crippen LogP contribution in [0.25, 0.3) is 0 Å². The summed E-state index contributed by atoms with van der Waals surface area (Å²) in [5.74, 6) is 1.85.